The molecule has 3 aliphatic rings. The van der Waals surface area contributed by atoms with E-state index < -0.39 is 0 Å². The zero-order valence-corrected chi connectivity index (χ0v) is 17.2. The van der Waals surface area contributed by atoms with E-state index in [1.54, 1.807) is 0 Å². The number of rotatable bonds is 5. The third-order valence-corrected chi connectivity index (χ3v) is 6.34. The zero-order valence-electron chi connectivity index (χ0n) is 17.2. The molecule has 3 heterocycles. The number of nitrogens with zero attached hydrogens (tertiary/aromatic N) is 4. The number of aromatic nitrogens is 2. The van der Waals surface area contributed by atoms with Gasteiger partial charge in [0.15, 0.2) is 5.82 Å². The molecule has 4 rings (SSSR count). The molecular formula is C21H35N5O. The van der Waals surface area contributed by atoms with Gasteiger partial charge in [-0.15, -0.1) is 10.2 Å². The highest BCUT2D eigenvalue weighted by molar-refractivity contribution is 5.44. The summed E-state index contributed by atoms with van der Waals surface area (Å²) in [6, 6.07) is 4.72. The minimum Gasteiger partial charge on any atom is -0.378 e. The Morgan fingerprint density at radius 3 is 2.37 bits per heavy atom. The second-order valence-electron chi connectivity index (χ2n) is 9.78. The van der Waals surface area contributed by atoms with Crippen molar-refractivity contribution in [2.24, 2.45) is 17.3 Å². The fourth-order valence-corrected chi connectivity index (χ4v) is 4.76. The molecule has 1 aliphatic carbocycles. The monoisotopic (exact) mass is 373 g/mol. The highest BCUT2D eigenvalue weighted by Gasteiger charge is 2.40. The summed E-state index contributed by atoms with van der Waals surface area (Å²) in [5.74, 6) is 3.58. The van der Waals surface area contributed by atoms with Crippen LogP contribution < -0.4 is 10.2 Å². The molecule has 3 atom stereocenters. The Kier molecular flexibility index (Phi) is 5.55. The van der Waals surface area contributed by atoms with Gasteiger partial charge in [0.2, 0.25) is 0 Å². The highest BCUT2D eigenvalue weighted by Crippen LogP contribution is 2.39. The third-order valence-electron chi connectivity index (χ3n) is 6.34. The van der Waals surface area contributed by atoms with Gasteiger partial charge in [0.25, 0.3) is 0 Å². The molecule has 150 valence electrons. The average molecular weight is 374 g/mol. The van der Waals surface area contributed by atoms with Crippen molar-refractivity contribution in [3.8, 4) is 0 Å². The summed E-state index contributed by atoms with van der Waals surface area (Å²) in [6.07, 6.45) is 3.83. The summed E-state index contributed by atoms with van der Waals surface area (Å²) in [5, 5.41) is 12.5. The number of ether oxygens (including phenoxy) is 1. The molecule has 1 unspecified atom stereocenters. The first-order valence-corrected chi connectivity index (χ1v) is 10.6. The Morgan fingerprint density at radius 2 is 1.78 bits per heavy atom. The van der Waals surface area contributed by atoms with E-state index in [0.29, 0.717) is 11.5 Å². The second kappa shape index (κ2) is 7.92. The van der Waals surface area contributed by atoms with E-state index in [-0.39, 0.29) is 0 Å². The third kappa shape index (κ3) is 4.91. The van der Waals surface area contributed by atoms with Gasteiger partial charge in [-0.05, 0) is 55.2 Å². The van der Waals surface area contributed by atoms with E-state index in [0.717, 1.165) is 49.8 Å². The standard InChI is InChI=1S/C21H35N5O/c1-21(2,3)6-7-25-14-16-12-18(13-17(16)15-25)22-19-4-5-20(24-23-19)26-8-10-27-11-9-26/h4-5,16-18H,6-15H2,1-3H3,(H,22,23)/t16-,17+,18?. The molecule has 0 radical (unpaired) electrons. The normalized spacial score (nSPS) is 29.1. The van der Waals surface area contributed by atoms with Crippen molar-refractivity contribution in [1.29, 1.82) is 0 Å². The smallest absolute Gasteiger partial charge is 0.151 e. The van der Waals surface area contributed by atoms with Crippen LogP contribution in [0, 0.1) is 17.3 Å². The van der Waals surface area contributed by atoms with Gasteiger partial charge in [0.05, 0.1) is 13.2 Å². The first kappa shape index (κ1) is 18.9. The van der Waals surface area contributed by atoms with E-state index in [9.17, 15) is 0 Å². The molecule has 2 saturated heterocycles. The largest absolute Gasteiger partial charge is 0.378 e. The van der Waals surface area contributed by atoms with Crippen molar-refractivity contribution in [3.05, 3.63) is 12.1 Å². The molecule has 0 amide bonds. The van der Waals surface area contributed by atoms with E-state index in [4.69, 9.17) is 4.74 Å². The quantitative estimate of drug-likeness (QED) is 0.857. The van der Waals surface area contributed by atoms with Crippen molar-refractivity contribution in [2.45, 2.75) is 46.1 Å². The summed E-state index contributed by atoms with van der Waals surface area (Å²) in [6.45, 7) is 14.2. The van der Waals surface area contributed by atoms with Crippen LogP contribution in [0.1, 0.15) is 40.0 Å². The number of nitrogens with one attached hydrogen (secondary N) is 1. The Balaban J connectivity index is 1.24. The van der Waals surface area contributed by atoms with Crippen LogP contribution in [0.4, 0.5) is 11.6 Å². The molecule has 27 heavy (non-hydrogen) atoms. The molecule has 6 nitrogen and oxygen atoms in total. The average Bonchev–Trinajstić information content (AvgIpc) is 3.19. The first-order chi connectivity index (χ1) is 13.0. The molecule has 1 aromatic heterocycles. The van der Waals surface area contributed by atoms with E-state index in [2.05, 4.69) is 58.2 Å². The fourth-order valence-electron chi connectivity index (χ4n) is 4.76. The predicted molar refractivity (Wildman–Crippen MR) is 109 cm³/mol. The second-order valence-corrected chi connectivity index (χ2v) is 9.78. The Labute approximate surface area is 163 Å². The van der Waals surface area contributed by atoms with Crippen LogP contribution in [0.3, 0.4) is 0 Å². The molecule has 0 spiro atoms. The lowest BCUT2D eigenvalue weighted by Gasteiger charge is -2.27. The number of morpholine rings is 1. The van der Waals surface area contributed by atoms with Gasteiger partial charge in [-0.1, -0.05) is 20.8 Å². The van der Waals surface area contributed by atoms with Crippen LogP contribution in [0.5, 0.6) is 0 Å². The Morgan fingerprint density at radius 1 is 1.07 bits per heavy atom. The molecule has 1 saturated carbocycles. The predicted octanol–water partition coefficient (Wildman–Crippen LogP) is 2.87. The van der Waals surface area contributed by atoms with Crippen LogP contribution in [0.15, 0.2) is 12.1 Å². The maximum absolute atomic E-state index is 5.40. The maximum Gasteiger partial charge on any atom is 0.151 e. The lowest BCUT2D eigenvalue weighted by molar-refractivity contribution is 0.122. The van der Waals surface area contributed by atoms with Crippen molar-refractivity contribution in [2.75, 3.05) is 56.2 Å². The van der Waals surface area contributed by atoms with Gasteiger partial charge in [-0.3, -0.25) is 0 Å². The fraction of sp³-hybridized carbons (Fsp3) is 0.810. The number of hydrogen-bond acceptors (Lipinski definition) is 6. The molecule has 3 fully saturated rings. The maximum atomic E-state index is 5.40. The first-order valence-electron chi connectivity index (χ1n) is 10.6. The molecular weight excluding hydrogens is 338 g/mol. The molecule has 1 aromatic rings. The summed E-state index contributed by atoms with van der Waals surface area (Å²) < 4.78 is 5.40. The van der Waals surface area contributed by atoms with Crippen LogP contribution in [-0.2, 0) is 4.74 Å². The van der Waals surface area contributed by atoms with Gasteiger partial charge in [-0.2, -0.15) is 0 Å². The molecule has 2 aliphatic heterocycles. The number of fused-ring (bicyclic) bond motifs is 1. The topological polar surface area (TPSA) is 53.5 Å². The Bertz CT molecular complexity index is 594. The van der Waals surface area contributed by atoms with Crippen LogP contribution >= 0.6 is 0 Å². The van der Waals surface area contributed by atoms with Gasteiger partial charge in [-0.25, -0.2) is 0 Å². The molecule has 6 heteroatoms. The summed E-state index contributed by atoms with van der Waals surface area (Å²) in [5.41, 5.74) is 0.438. The number of hydrogen-bond donors (Lipinski definition) is 1. The van der Waals surface area contributed by atoms with Crippen LogP contribution in [0.25, 0.3) is 0 Å². The van der Waals surface area contributed by atoms with E-state index in [1.807, 2.05) is 0 Å². The van der Waals surface area contributed by atoms with Crippen LogP contribution in [-0.4, -0.2) is 67.1 Å². The van der Waals surface area contributed by atoms with Gasteiger partial charge in [0.1, 0.15) is 5.82 Å². The van der Waals surface area contributed by atoms with Crippen molar-refractivity contribution in [1.82, 2.24) is 15.1 Å². The summed E-state index contributed by atoms with van der Waals surface area (Å²) in [7, 11) is 0. The van der Waals surface area contributed by atoms with Crippen LogP contribution in [0.2, 0.25) is 0 Å². The van der Waals surface area contributed by atoms with Crippen molar-refractivity contribution < 1.29 is 4.74 Å². The minimum atomic E-state index is 0.438. The number of likely N-dealkylation sites (tertiary alicyclic amines) is 1. The lowest BCUT2D eigenvalue weighted by atomic mass is 9.92. The van der Waals surface area contributed by atoms with Gasteiger partial charge < -0.3 is 19.9 Å². The Hall–Kier alpha value is -1.40. The molecule has 0 aromatic carbocycles. The van der Waals surface area contributed by atoms with Crippen molar-refractivity contribution in [3.63, 3.8) is 0 Å². The van der Waals surface area contributed by atoms with Gasteiger partial charge in [0, 0.05) is 32.2 Å². The van der Waals surface area contributed by atoms with E-state index in [1.165, 1.54) is 38.9 Å². The van der Waals surface area contributed by atoms with Crippen molar-refractivity contribution >= 4 is 11.6 Å². The lowest BCUT2D eigenvalue weighted by Crippen LogP contribution is -2.36. The zero-order chi connectivity index (χ0) is 18.9. The highest BCUT2D eigenvalue weighted by atomic mass is 16.5. The van der Waals surface area contributed by atoms with E-state index >= 15 is 0 Å². The summed E-state index contributed by atoms with van der Waals surface area (Å²) >= 11 is 0. The minimum absolute atomic E-state index is 0.438. The SMILES string of the molecule is CC(C)(C)CCN1C[C@H]2CC(Nc3ccc(N4CCOCC4)nn3)C[C@H]2C1. The van der Waals surface area contributed by atoms with Gasteiger partial charge >= 0.3 is 0 Å². The molecule has 0 bridgehead atoms. The summed E-state index contributed by atoms with van der Waals surface area (Å²) in [4.78, 5) is 4.93. The number of anilines is 2. The molecule has 1 N–H and O–H groups in total.